The lowest BCUT2D eigenvalue weighted by Gasteiger charge is -2.33. The Labute approximate surface area is 173 Å². The summed E-state index contributed by atoms with van der Waals surface area (Å²) in [6, 6.07) is 1.44. The van der Waals surface area contributed by atoms with E-state index >= 15 is 0 Å². The molecule has 0 aliphatic rings. The molecular weight excluding hydrogens is 352 g/mol. The number of ether oxygens (including phenoxy) is 3. The van der Waals surface area contributed by atoms with Gasteiger partial charge in [-0.25, -0.2) is 0 Å². The third-order valence-corrected chi connectivity index (χ3v) is 8.58. The lowest BCUT2D eigenvalue weighted by atomic mass is 9.91. The Hall–Kier alpha value is 0.0969. The minimum absolute atomic E-state index is 0.151. The fourth-order valence-corrected chi connectivity index (χ4v) is 5.03. The minimum atomic E-state index is -0.151. The highest BCUT2D eigenvalue weighted by Gasteiger charge is 2.26. The van der Waals surface area contributed by atoms with Gasteiger partial charge in [0, 0.05) is 18.9 Å². The first-order valence-electron chi connectivity index (χ1n) is 11.6. The van der Waals surface area contributed by atoms with Crippen molar-refractivity contribution in [2.24, 2.45) is 5.41 Å². The van der Waals surface area contributed by atoms with Crippen LogP contribution in [-0.4, -0.2) is 41.9 Å². The molecule has 1 atom stereocenters. The van der Waals surface area contributed by atoms with Gasteiger partial charge in [-0.1, -0.05) is 85.1 Å². The summed E-state index contributed by atoms with van der Waals surface area (Å²) in [6.45, 7) is 13.8. The third-order valence-electron chi connectivity index (χ3n) is 5.96. The SMILES string of the molecule is CCC(C)(C)COC(C)(CC)[SiH2]CCCCCCCCCCCOCOC. The lowest BCUT2D eigenvalue weighted by Crippen LogP contribution is -2.38. The molecule has 0 heterocycles. The van der Waals surface area contributed by atoms with E-state index in [2.05, 4.69) is 34.6 Å². The van der Waals surface area contributed by atoms with Gasteiger partial charge in [-0.15, -0.1) is 0 Å². The van der Waals surface area contributed by atoms with Crippen molar-refractivity contribution >= 4 is 9.52 Å². The molecule has 0 aliphatic heterocycles. The first kappa shape index (κ1) is 27.1. The van der Waals surface area contributed by atoms with E-state index < -0.39 is 0 Å². The fourth-order valence-electron chi connectivity index (χ4n) is 3.08. The molecule has 0 amide bonds. The van der Waals surface area contributed by atoms with Crippen LogP contribution in [0.2, 0.25) is 6.04 Å². The summed E-state index contributed by atoms with van der Waals surface area (Å²) < 4.78 is 16.6. The predicted molar refractivity (Wildman–Crippen MR) is 121 cm³/mol. The smallest absolute Gasteiger partial charge is 0.146 e. The number of unbranched alkanes of at least 4 members (excludes halogenated alkanes) is 8. The van der Waals surface area contributed by atoms with Gasteiger partial charge in [0.1, 0.15) is 6.79 Å². The van der Waals surface area contributed by atoms with Gasteiger partial charge < -0.3 is 14.2 Å². The highest BCUT2D eigenvalue weighted by molar-refractivity contribution is 6.39. The van der Waals surface area contributed by atoms with Crippen LogP contribution in [0, 0.1) is 5.41 Å². The lowest BCUT2D eigenvalue weighted by molar-refractivity contribution is -0.0315. The Morgan fingerprint density at radius 2 is 1.30 bits per heavy atom. The van der Waals surface area contributed by atoms with E-state index in [9.17, 15) is 0 Å². The van der Waals surface area contributed by atoms with E-state index in [1.54, 1.807) is 7.11 Å². The number of methoxy groups -OCH3 is 1. The van der Waals surface area contributed by atoms with Crippen molar-refractivity contribution in [3.63, 3.8) is 0 Å². The van der Waals surface area contributed by atoms with Crippen LogP contribution < -0.4 is 0 Å². The summed E-state index contributed by atoms with van der Waals surface area (Å²) in [4.78, 5) is 0. The van der Waals surface area contributed by atoms with Crippen LogP contribution >= 0.6 is 0 Å². The van der Waals surface area contributed by atoms with Crippen LogP contribution in [0.4, 0.5) is 0 Å². The van der Waals surface area contributed by atoms with Gasteiger partial charge in [0.15, 0.2) is 0 Å². The molecule has 0 spiro atoms. The van der Waals surface area contributed by atoms with Crippen molar-refractivity contribution < 1.29 is 14.2 Å². The highest BCUT2D eigenvalue weighted by Crippen LogP contribution is 2.25. The molecule has 0 fully saturated rings. The molecule has 0 bridgehead atoms. The van der Waals surface area contributed by atoms with Crippen molar-refractivity contribution in [1.29, 1.82) is 0 Å². The van der Waals surface area contributed by atoms with E-state index in [1.807, 2.05) is 0 Å². The van der Waals surface area contributed by atoms with Crippen molar-refractivity contribution in [1.82, 2.24) is 0 Å². The van der Waals surface area contributed by atoms with E-state index in [0.29, 0.717) is 12.2 Å². The molecule has 0 rings (SSSR count). The maximum Gasteiger partial charge on any atom is 0.146 e. The molecule has 0 aromatic heterocycles. The molecule has 0 aromatic rings. The second-order valence-electron chi connectivity index (χ2n) is 9.21. The molecule has 0 aliphatic carbocycles. The molecule has 0 N–H and O–H groups in total. The van der Waals surface area contributed by atoms with Crippen LogP contribution in [0.15, 0.2) is 0 Å². The largest absolute Gasteiger partial charge is 0.379 e. The van der Waals surface area contributed by atoms with E-state index in [0.717, 1.165) is 13.2 Å². The van der Waals surface area contributed by atoms with Crippen LogP contribution in [0.3, 0.4) is 0 Å². The first-order valence-corrected chi connectivity index (χ1v) is 13.3. The fraction of sp³-hybridized carbons (Fsp3) is 1.00. The van der Waals surface area contributed by atoms with Gasteiger partial charge in [0.25, 0.3) is 0 Å². The Morgan fingerprint density at radius 1 is 0.741 bits per heavy atom. The molecule has 0 saturated carbocycles. The third kappa shape index (κ3) is 16.7. The van der Waals surface area contributed by atoms with Gasteiger partial charge in [0.05, 0.1) is 16.1 Å². The number of hydrogen-bond acceptors (Lipinski definition) is 3. The molecule has 0 aromatic carbocycles. The van der Waals surface area contributed by atoms with E-state index in [-0.39, 0.29) is 14.7 Å². The summed E-state index contributed by atoms with van der Waals surface area (Å²) in [7, 11) is 1.52. The predicted octanol–water partition coefficient (Wildman–Crippen LogP) is 6.28. The Bertz CT molecular complexity index is 323. The summed E-state index contributed by atoms with van der Waals surface area (Å²) in [5, 5.41) is 0.208. The Balaban J connectivity index is 3.51. The second-order valence-corrected chi connectivity index (χ2v) is 11.9. The minimum Gasteiger partial charge on any atom is -0.379 e. The van der Waals surface area contributed by atoms with Crippen LogP contribution in [-0.2, 0) is 14.2 Å². The molecule has 164 valence electrons. The summed E-state index contributed by atoms with van der Waals surface area (Å²) in [6.07, 6.45) is 14.6. The van der Waals surface area contributed by atoms with Gasteiger partial charge >= 0.3 is 0 Å². The first-order chi connectivity index (χ1) is 12.9. The standard InChI is InChI=1S/C23H50O3Si/c1-7-22(3,4)20-26-23(5,8-2)27-19-17-15-13-11-9-10-12-14-16-18-25-21-24-6/h7-21,27H2,1-6H3. The molecule has 1 unspecified atom stereocenters. The average molecular weight is 403 g/mol. The van der Waals surface area contributed by atoms with Crippen LogP contribution in [0.25, 0.3) is 0 Å². The van der Waals surface area contributed by atoms with Gasteiger partial charge in [0.2, 0.25) is 0 Å². The normalized spacial score (nSPS) is 14.9. The zero-order valence-electron chi connectivity index (χ0n) is 19.5. The zero-order chi connectivity index (χ0) is 20.4. The van der Waals surface area contributed by atoms with Crippen molar-refractivity contribution in [3.8, 4) is 0 Å². The highest BCUT2D eigenvalue weighted by atomic mass is 28.2. The molecule has 4 heteroatoms. The van der Waals surface area contributed by atoms with Gasteiger partial charge in [-0.3, -0.25) is 0 Å². The summed E-state index contributed by atoms with van der Waals surface area (Å²) in [5.41, 5.74) is 0.321. The monoisotopic (exact) mass is 402 g/mol. The van der Waals surface area contributed by atoms with Crippen molar-refractivity contribution in [2.45, 2.75) is 117 Å². The molecular formula is C23H50O3Si. The topological polar surface area (TPSA) is 27.7 Å². The Kier molecular flexibility index (Phi) is 17.1. The van der Waals surface area contributed by atoms with Crippen LogP contribution in [0.5, 0.6) is 0 Å². The van der Waals surface area contributed by atoms with Crippen molar-refractivity contribution in [2.75, 3.05) is 27.1 Å². The molecule has 27 heavy (non-hydrogen) atoms. The number of hydrogen-bond donors (Lipinski definition) is 0. The van der Waals surface area contributed by atoms with E-state index in [1.165, 1.54) is 76.7 Å². The molecule has 0 saturated heterocycles. The van der Waals surface area contributed by atoms with Crippen LogP contribution in [0.1, 0.15) is 105 Å². The summed E-state index contributed by atoms with van der Waals surface area (Å²) >= 11 is 0. The molecule has 3 nitrogen and oxygen atoms in total. The average Bonchev–Trinajstić information content (AvgIpc) is 2.67. The quantitative estimate of drug-likeness (QED) is 0.136. The zero-order valence-corrected chi connectivity index (χ0v) is 21.0. The maximum absolute atomic E-state index is 6.39. The Morgan fingerprint density at radius 3 is 1.81 bits per heavy atom. The number of rotatable bonds is 20. The van der Waals surface area contributed by atoms with Gasteiger partial charge in [-0.2, -0.15) is 0 Å². The second kappa shape index (κ2) is 17.0. The molecule has 0 radical (unpaired) electrons. The van der Waals surface area contributed by atoms with E-state index in [4.69, 9.17) is 14.2 Å². The van der Waals surface area contributed by atoms with Gasteiger partial charge in [-0.05, 0) is 31.6 Å². The van der Waals surface area contributed by atoms with Crippen molar-refractivity contribution in [3.05, 3.63) is 0 Å². The summed E-state index contributed by atoms with van der Waals surface area (Å²) in [5.74, 6) is 0. The maximum atomic E-state index is 6.39.